The molecule has 1 aliphatic heterocycles. The van der Waals surface area contributed by atoms with Gasteiger partial charge < -0.3 is 15.5 Å². The molecule has 1 saturated heterocycles. The Labute approximate surface area is 192 Å². The first-order valence-electron chi connectivity index (χ1n) is 9.99. The number of pyridine rings is 1. The number of guanidine groups is 1. The molecule has 0 bridgehead atoms. The number of rotatable bonds is 5. The lowest BCUT2D eigenvalue weighted by Crippen LogP contribution is -2.49. The van der Waals surface area contributed by atoms with Crippen molar-refractivity contribution in [3.63, 3.8) is 0 Å². The Balaban J connectivity index is 0.00000256. The van der Waals surface area contributed by atoms with E-state index in [-0.39, 0.29) is 29.8 Å². The zero-order chi connectivity index (χ0) is 20.1. The van der Waals surface area contributed by atoms with E-state index in [0.717, 1.165) is 62.0 Å². The Bertz CT molecular complexity index is 982. The third-order valence-corrected chi connectivity index (χ3v) is 5.26. The minimum Gasteiger partial charge on any atom is -0.371 e. The third kappa shape index (κ3) is 5.38. The molecule has 1 aromatic carbocycles. The van der Waals surface area contributed by atoms with Crippen LogP contribution in [0, 0.1) is 5.82 Å². The van der Waals surface area contributed by atoms with Crippen LogP contribution in [0.2, 0.25) is 0 Å². The van der Waals surface area contributed by atoms with E-state index in [0.29, 0.717) is 6.04 Å². The van der Waals surface area contributed by atoms with Crippen LogP contribution < -0.4 is 15.5 Å². The zero-order valence-corrected chi connectivity index (χ0v) is 19.3. The van der Waals surface area contributed by atoms with Gasteiger partial charge in [0.25, 0.3) is 0 Å². The standard InChI is InChI=1S/C21H26FN7.HI/c1-23-21(24-11-8-20-27-26-19-7-2-3-12-29(19)20)25-17-9-13-28(14-10-17)18-6-4-5-16(22)15-18;/h2-7,12,15,17H,8-11,13-14H2,1H3,(H2,23,24,25);1H. The number of fused-ring (bicyclic) bond motifs is 1. The van der Waals surface area contributed by atoms with Crippen molar-refractivity contribution >= 4 is 41.3 Å². The van der Waals surface area contributed by atoms with Gasteiger partial charge in [-0.3, -0.25) is 9.39 Å². The van der Waals surface area contributed by atoms with Crippen LogP contribution in [0.4, 0.5) is 10.1 Å². The average molecular weight is 523 g/mol. The second-order valence-electron chi connectivity index (χ2n) is 7.18. The number of nitrogens with one attached hydrogen (secondary N) is 2. The van der Waals surface area contributed by atoms with Crippen molar-refractivity contribution in [1.29, 1.82) is 0 Å². The predicted octanol–water partition coefficient (Wildman–Crippen LogP) is 2.86. The third-order valence-electron chi connectivity index (χ3n) is 5.26. The smallest absolute Gasteiger partial charge is 0.191 e. The summed E-state index contributed by atoms with van der Waals surface area (Å²) in [4.78, 5) is 6.57. The molecule has 0 amide bonds. The van der Waals surface area contributed by atoms with E-state index >= 15 is 0 Å². The fraction of sp³-hybridized carbons (Fsp3) is 0.381. The molecule has 4 rings (SSSR count). The van der Waals surface area contributed by atoms with Gasteiger partial charge in [-0.2, -0.15) is 0 Å². The molecule has 0 spiro atoms. The van der Waals surface area contributed by atoms with Crippen molar-refractivity contribution in [2.75, 3.05) is 31.6 Å². The summed E-state index contributed by atoms with van der Waals surface area (Å²) in [6, 6.07) is 13.0. The molecule has 160 valence electrons. The van der Waals surface area contributed by atoms with Crippen molar-refractivity contribution in [2.24, 2.45) is 4.99 Å². The number of halogens is 2. The average Bonchev–Trinajstić information content (AvgIpc) is 3.17. The van der Waals surface area contributed by atoms with Gasteiger partial charge in [-0.1, -0.05) is 12.1 Å². The van der Waals surface area contributed by atoms with Crippen LogP contribution in [0.3, 0.4) is 0 Å². The molecular weight excluding hydrogens is 496 g/mol. The molecular formula is C21H27FIN7. The lowest BCUT2D eigenvalue weighted by Gasteiger charge is -2.34. The highest BCUT2D eigenvalue weighted by Gasteiger charge is 2.20. The number of anilines is 1. The summed E-state index contributed by atoms with van der Waals surface area (Å²) in [5, 5.41) is 15.3. The SMILES string of the molecule is CN=C(NCCc1nnc2ccccn12)NC1CCN(c2cccc(F)c2)CC1.I. The van der Waals surface area contributed by atoms with Gasteiger partial charge in [-0.05, 0) is 43.2 Å². The molecule has 0 unspecified atom stereocenters. The Hall–Kier alpha value is -2.43. The van der Waals surface area contributed by atoms with E-state index in [4.69, 9.17) is 0 Å². The quantitative estimate of drug-likeness (QED) is 0.306. The Morgan fingerprint density at radius 1 is 1.17 bits per heavy atom. The number of aliphatic imine (C=N–C) groups is 1. The van der Waals surface area contributed by atoms with Gasteiger partial charge >= 0.3 is 0 Å². The molecule has 0 radical (unpaired) electrons. The number of aromatic nitrogens is 3. The Morgan fingerprint density at radius 2 is 2.00 bits per heavy atom. The lowest BCUT2D eigenvalue weighted by atomic mass is 10.0. The van der Waals surface area contributed by atoms with Gasteiger partial charge in [-0.25, -0.2) is 4.39 Å². The fourth-order valence-corrected chi connectivity index (χ4v) is 3.70. The van der Waals surface area contributed by atoms with E-state index in [1.807, 2.05) is 34.9 Å². The molecule has 2 aromatic heterocycles. The van der Waals surface area contributed by atoms with Crippen LogP contribution in [0.1, 0.15) is 18.7 Å². The molecule has 7 nitrogen and oxygen atoms in total. The first-order chi connectivity index (χ1) is 14.2. The molecule has 3 heterocycles. The molecule has 0 aliphatic carbocycles. The molecule has 0 saturated carbocycles. The molecule has 1 fully saturated rings. The minimum atomic E-state index is -0.187. The van der Waals surface area contributed by atoms with Gasteiger partial charge in [0.2, 0.25) is 0 Å². The summed E-state index contributed by atoms with van der Waals surface area (Å²) in [7, 11) is 1.78. The topological polar surface area (TPSA) is 69.8 Å². The Morgan fingerprint density at radius 3 is 2.77 bits per heavy atom. The summed E-state index contributed by atoms with van der Waals surface area (Å²) in [6.45, 7) is 2.51. The van der Waals surface area contributed by atoms with Gasteiger partial charge in [0.15, 0.2) is 11.6 Å². The summed E-state index contributed by atoms with van der Waals surface area (Å²) in [6.07, 6.45) is 4.69. The molecule has 2 N–H and O–H groups in total. The van der Waals surface area contributed by atoms with Crippen LogP contribution in [0.15, 0.2) is 53.7 Å². The molecule has 30 heavy (non-hydrogen) atoms. The van der Waals surface area contributed by atoms with E-state index < -0.39 is 0 Å². The van der Waals surface area contributed by atoms with Crippen molar-refractivity contribution in [3.05, 3.63) is 60.3 Å². The van der Waals surface area contributed by atoms with Crippen LogP contribution in [-0.2, 0) is 6.42 Å². The van der Waals surface area contributed by atoms with E-state index in [1.54, 1.807) is 19.2 Å². The molecule has 0 atom stereocenters. The van der Waals surface area contributed by atoms with Gasteiger partial charge in [0.1, 0.15) is 11.6 Å². The first-order valence-corrected chi connectivity index (χ1v) is 9.99. The number of hydrogen-bond donors (Lipinski definition) is 2. The maximum Gasteiger partial charge on any atom is 0.191 e. The van der Waals surface area contributed by atoms with Gasteiger partial charge in [0, 0.05) is 51.0 Å². The highest BCUT2D eigenvalue weighted by Crippen LogP contribution is 2.20. The molecule has 9 heteroatoms. The summed E-state index contributed by atoms with van der Waals surface area (Å²) in [5.41, 5.74) is 1.81. The van der Waals surface area contributed by atoms with Crippen LogP contribution in [0.5, 0.6) is 0 Å². The van der Waals surface area contributed by atoms with Crippen molar-refractivity contribution in [2.45, 2.75) is 25.3 Å². The van der Waals surface area contributed by atoms with E-state index in [9.17, 15) is 4.39 Å². The van der Waals surface area contributed by atoms with E-state index in [2.05, 4.69) is 30.7 Å². The second kappa shape index (κ2) is 10.6. The number of nitrogens with zero attached hydrogens (tertiary/aromatic N) is 5. The van der Waals surface area contributed by atoms with Crippen molar-refractivity contribution in [3.8, 4) is 0 Å². The minimum absolute atomic E-state index is 0. The predicted molar refractivity (Wildman–Crippen MR) is 128 cm³/mol. The fourth-order valence-electron chi connectivity index (χ4n) is 3.70. The second-order valence-corrected chi connectivity index (χ2v) is 7.18. The van der Waals surface area contributed by atoms with Gasteiger partial charge in [0.05, 0.1) is 0 Å². The lowest BCUT2D eigenvalue weighted by molar-refractivity contribution is 0.461. The number of piperidine rings is 1. The maximum absolute atomic E-state index is 13.5. The summed E-state index contributed by atoms with van der Waals surface area (Å²) >= 11 is 0. The van der Waals surface area contributed by atoms with Gasteiger partial charge in [-0.15, -0.1) is 34.2 Å². The van der Waals surface area contributed by atoms with Crippen LogP contribution in [-0.4, -0.2) is 53.3 Å². The highest BCUT2D eigenvalue weighted by molar-refractivity contribution is 14.0. The van der Waals surface area contributed by atoms with Crippen molar-refractivity contribution in [1.82, 2.24) is 25.2 Å². The summed E-state index contributed by atoms with van der Waals surface area (Å²) in [5.74, 6) is 1.53. The number of hydrogen-bond acceptors (Lipinski definition) is 4. The Kier molecular flexibility index (Phi) is 7.83. The highest BCUT2D eigenvalue weighted by atomic mass is 127. The maximum atomic E-state index is 13.5. The molecule has 1 aliphatic rings. The van der Waals surface area contributed by atoms with E-state index in [1.165, 1.54) is 6.07 Å². The summed E-state index contributed by atoms with van der Waals surface area (Å²) < 4.78 is 15.5. The van der Waals surface area contributed by atoms with Crippen molar-refractivity contribution < 1.29 is 4.39 Å². The van der Waals surface area contributed by atoms with Crippen LogP contribution in [0.25, 0.3) is 5.65 Å². The largest absolute Gasteiger partial charge is 0.371 e. The zero-order valence-electron chi connectivity index (χ0n) is 17.0. The first kappa shape index (κ1) is 22.3. The number of benzene rings is 1. The monoisotopic (exact) mass is 523 g/mol. The van der Waals surface area contributed by atoms with Crippen LogP contribution >= 0.6 is 24.0 Å². The normalized spacial score (nSPS) is 15.1. The molecule has 3 aromatic rings.